The molecule has 0 saturated carbocycles. The fourth-order valence-corrected chi connectivity index (χ4v) is 4.21. The van der Waals surface area contributed by atoms with Crippen LogP contribution >= 0.6 is 0 Å². The number of hydrogen-bond acceptors (Lipinski definition) is 6. The molecule has 0 spiro atoms. The number of aliphatic hydroxyl groups is 1. The van der Waals surface area contributed by atoms with Gasteiger partial charge >= 0.3 is 6.36 Å². The number of hydrogen-bond donors (Lipinski definition) is 2. The maximum atomic E-state index is 15.0. The van der Waals surface area contributed by atoms with Crippen LogP contribution in [0, 0.1) is 11.6 Å². The van der Waals surface area contributed by atoms with Gasteiger partial charge in [-0.3, -0.25) is 14.5 Å². The largest absolute Gasteiger partial charge is 0.573 e. The average Bonchev–Trinajstić information content (AvgIpc) is 3.18. The van der Waals surface area contributed by atoms with Gasteiger partial charge in [0.25, 0.3) is 11.8 Å². The van der Waals surface area contributed by atoms with Gasteiger partial charge in [-0.1, -0.05) is 6.07 Å². The second-order valence-corrected chi connectivity index (χ2v) is 8.23. The second-order valence-electron chi connectivity index (χ2n) is 8.23. The number of benzene rings is 2. The van der Waals surface area contributed by atoms with E-state index in [4.69, 9.17) is 4.74 Å². The molecule has 2 N–H and O–H groups in total. The summed E-state index contributed by atoms with van der Waals surface area (Å²) in [5, 5.41) is 12.1. The summed E-state index contributed by atoms with van der Waals surface area (Å²) < 4.78 is 76.0. The Bertz CT molecular complexity index is 1330. The van der Waals surface area contributed by atoms with Gasteiger partial charge in [0.15, 0.2) is 0 Å². The van der Waals surface area contributed by atoms with Gasteiger partial charge in [0, 0.05) is 47.5 Å². The third-order valence-corrected chi connectivity index (χ3v) is 5.90. The molecule has 0 bridgehead atoms. The first-order valence-electron chi connectivity index (χ1n) is 11.1. The van der Waals surface area contributed by atoms with Crippen molar-refractivity contribution in [1.82, 2.24) is 10.3 Å². The molecule has 1 aliphatic heterocycles. The van der Waals surface area contributed by atoms with E-state index >= 15 is 8.78 Å². The number of methoxy groups -OCH3 is 1. The van der Waals surface area contributed by atoms with Gasteiger partial charge in [0.05, 0.1) is 13.7 Å². The number of aromatic nitrogens is 1. The fraction of sp³-hybridized carbons (Fsp3) is 0.240. The molecule has 2 atom stereocenters. The number of halogens is 5. The Labute approximate surface area is 212 Å². The molecule has 1 fully saturated rings. The topological polar surface area (TPSA) is 101 Å². The highest BCUT2D eigenvalue weighted by Gasteiger charge is 2.46. The number of carbonyl (C=O) groups excluding carboxylic acids is 2. The van der Waals surface area contributed by atoms with Crippen LogP contribution in [0.2, 0.25) is 0 Å². The third-order valence-electron chi connectivity index (χ3n) is 5.90. The van der Waals surface area contributed by atoms with Crippen LogP contribution in [-0.4, -0.2) is 48.0 Å². The Hall–Kier alpha value is -4.26. The highest BCUT2D eigenvalue weighted by Crippen LogP contribution is 2.37. The molecule has 0 radical (unpaired) electrons. The molecule has 1 saturated heterocycles. The lowest BCUT2D eigenvalue weighted by Crippen LogP contribution is -2.44. The van der Waals surface area contributed by atoms with Crippen molar-refractivity contribution in [2.24, 2.45) is 0 Å². The first kappa shape index (κ1) is 26.8. The van der Waals surface area contributed by atoms with Crippen molar-refractivity contribution >= 4 is 17.6 Å². The lowest BCUT2D eigenvalue weighted by atomic mass is 9.92. The fourth-order valence-electron chi connectivity index (χ4n) is 4.21. The Morgan fingerprint density at radius 1 is 1.13 bits per heavy atom. The van der Waals surface area contributed by atoms with E-state index in [1.54, 1.807) is 0 Å². The van der Waals surface area contributed by atoms with Crippen LogP contribution in [0.1, 0.15) is 27.4 Å². The van der Waals surface area contributed by atoms with Gasteiger partial charge in [-0.2, -0.15) is 0 Å². The molecule has 3 aromatic rings. The van der Waals surface area contributed by atoms with Crippen LogP contribution in [0.25, 0.3) is 0 Å². The van der Waals surface area contributed by atoms with Crippen molar-refractivity contribution in [2.75, 3.05) is 18.6 Å². The molecule has 1 aromatic heterocycles. The number of anilines is 1. The van der Waals surface area contributed by atoms with Crippen molar-refractivity contribution in [3.05, 3.63) is 83.1 Å². The number of alkyl halides is 3. The van der Waals surface area contributed by atoms with Crippen molar-refractivity contribution in [2.45, 2.75) is 24.9 Å². The van der Waals surface area contributed by atoms with Crippen LogP contribution < -0.4 is 19.7 Å². The zero-order valence-corrected chi connectivity index (χ0v) is 19.6. The smallest absolute Gasteiger partial charge is 0.497 e. The summed E-state index contributed by atoms with van der Waals surface area (Å²) in [6.07, 6.45) is -3.57. The molecule has 0 aliphatic carbocycles. The normalized spacial score (nSPS) is 17.4. The number of nitrogens with one attached hydrogen (secondary N) is 1. The molecule has 200 valence electrons. The van der Waals surface area contributed by atoms with Crippen molar-refractivity contribution in [1.29, 1.82) is 0 Å². The summed E-state index contributed by atoms with van der Waals surface area (Å²) in [7, 11) is 1.22. The molecule has 2 amide bonds. The van der Waals surface area contributed by atoms with Crippen LogP contribution in [0.5, 0.6) is 11.5 Å². The second kappa shape index (κ2) is 10.6. The number of aliphatic hydroxyl groups excluding tert-OH is 1. The lowest BCUT2D eigenvalue weighted by molar-refractivity contribution is -0.274. The summed E-state index contributed by atoms with van der Waals surface area (Å²) in [4.78, 5) is 31.6. The van der Waals surface area contributed by atoms with E-state index in [2.05, 4.69) is 15.0 Å². The first-order valence-corrected chi connectivity index (χ1v) is 11.1. The summed E-state index contributed by atoms with van der Waals surface area (Å²) in [5.74, 6) is -5.53. The highest BCUT2D eigenvalue weighted by molar-refractivity contribution is 6.04. The Balaban J connectivity index is 1.69. The van der Waals surface area contributed by atoms with Crippen molar-refractivity contribution in [3.63, 3.8) is 0 Å². The van der Waals surface area contributed by atoms with Crippen molar-refractivity contribution < 1.29 is 46.1 Å². The number of carbonyl (C=O) groups is 2. The number of ether oxygens (including phenoxy) is 2. The number of amides is 2. The van der Waals surface area contributed by atoms with Gasteiger partial charge in [0.1, 0.15) is 35.0 Å². The monoisotopic (exact) mass is 537 g/mol. The minimum Gasteiger partial charge on any atom is -0.497 e. The van der Waals surface area contributed by atoms with Gasteiger partial charge < -0.3 is 19.9 Å². The number of pyridine rings is 1. The van der Waals surface area contributed by atoms with E-state index in [1.807, 2.05) is 0 Å². The maximum Gasteiger partial charge on any atom is 0.573 e. The minimum absolute atomic E-state index is 0.0460. The summed E-state index contributed by atoms with van der Waals surface area (Å²) >= 11 is 0. The molecule has 1 aliphatic rings. The van der Waals surface area contributed by atoms with E-state index in [0.29, 0.717) is 0 Å². The molecule has 1 unspecified atom stereocenters. The molecule has 4 rings (SSSR count). The van der Waals surface area contributed by atoms with E-state index in [9.17, 15) is 27.9 Å². The number of nitrogens with zero attached hydrogens (tertiary/aromatic N) is 2. The predicted octanol–water partition coefficient (Wildman–Crippen LogP) is 3.69. The van der Waals surface area contributed by atoms with Gasteiger partial charge in [0.2, 0.25) is 0 Å². The van der Waals surface area contributed by atoms with Crippen LogP contribution in [0.15, 0.2) is 54.7 Å². The standard InChI is InChI=1S/C25H20F5N3O5/c1-37-16-9-18(26)20(19(27)10-16)17-11-33(22-14(12-34)3-2-8-31-22)24(36)21(17)32-23(35)13-4-6-15(7-5-13)38-25(28,29)30/h2-10,17,21,34H,11-12H2,1H3,(H,32,35)/t17-,21?/m0/s1. The Morgan fingerprint density at radius 3 is 2.37 bits per heavy atom. The zero-order chi connectivity index (χ0) is 27.6. The number of rotatable bonds is 7. The maximum absolute atomic E-state index is 15.0. The summed E-state index contributed by atoms with van der Waals surface area (Å²) in [6.45, 7) is -0.779. The molecular weight excluding hydrogens is 517 g/mol. The molecule has 8 nitrogen and oxygen atoms in total. The molecule has 13 heteroatoms. The van der Waals surface area contributed by atoms with E-state index < -0.39 is 59.7 Å². The molecule has 2 aromatic carbocycles. The molecule has 38 heavy (non-hydrogen) atoms. The third kappa shape index (κ3) is 5.52. The molecule has 2 heterocycles. The minimum atomic E-state index is -4.93. The first-order chi connectivity index (χ1) is 18.0. The van der Waals surface area contributed by atoms with E-state index in [1.165, 1.54) is 25.4 Å². The van der Waals surface area contributed by atoms with Gasteiger partial charge in [-0.05, 0) is 30.3 Å². The Kier molecular flexibility index (Phi) is 7.49. The summed E-state index contributed by atoms with van der Waals surface area (Å²) in [6, 6.07) is 7.32. The predicted molar refractivity (Wildman–Crippen MR) is 123 cm³/mol. The van der Waals surface area contributed by atoms with E-state index in [-0.39, 0.29) is 29.2 Å². The highest BCUT2D eigenvalue weighted by atomic mass is 19.4. The molecular formula is C25H20F5N3O5. The van der Waals surface area contributed by atoms with E-state index in [0.717, 1.165) is 41.3 Å². The SMILES string of the molecule is COc1cc(F)c([C@@H]2CN(c3ncccc3CO)C(=O)C2NC(=O)c2ccc(OC(F)(F)F)cc2)c(F)c1. The quantitative estimate of drug-likeness (QED) is 0.446. The van der Waals surface area contributed by atoms with Gasteiger partial charge in [-0.15, -0.1) is 13.2 Å². The lowest BCUT2D eigenvalue weighted by Gasteiger charge is -2.20. The van der Waals surface area contributed by atoms with Crippen LogP contribution in [0.4, 0.5) is 27.8 Å². The zero-order valence-electron chi connectivity index (χ0n) is 19.6. The van der Waals surface area contributed by atoms with Gasteiger partial charge in [-0.25, -0.2) is 13.8 Å². The summed E-state index contributed by atoms with van der Waals surface area (Å²) in [5.41, 5.74) is -0.348. The average molecular weight is 537 g/mol. The Morgan fingerprint density at radius 2 is 1.79 bits per heavy atom. The van der Waals surface area contributed by atoms with Crippen LogP contribution in [-0.2, 0) is 11.4 Å². The van der Waals surface area contributed by atoms with Crippen LogP contribution in [0.3, 0.4) is 0 Å². The van der Waals surface area contributed by atoms with Crippen molar-refractivity contribution in [3.8, 4) is 11.5 Å².